The van der Waals surface area contributed by atoms with Gasteiger partial charge in [-0.2, -0.15) is 4.31 Å². The SMILES string of the molecule is Cc1ccc(S(=O)(=O)N2CCCC2)cc1C(=O)NC1CCCCCCC1. The number of benzene rings is 1. The molecule has 1 aliphatic carbocycles. The van der Waals surface area contributed by atoms with E-state index in [1.807, 2.05) is 6.92 Å². The van der Waals surface area contributed by atoms with Crippen LogP contribution in [0.15, 0.2) is 23.1 Å². The van der Waals surface area contributed by atoms with Crippen molar-refractivity contribution in [2.45, 2.75) is 75.6 Å². The molecule has 1 N–H and O–H groups in total. The Hall–Kier alpha value is -1.40. The van der Waals surface area contributed by atoms with Gasteiger partial charge in [0.05, 0.1) is 4.90 Å². The molecule has 1 aliphatic heterocycles. The summed E-state index contributed by atoms with van der Waals surface area (Å²) in [4.78, 5) is 13.0. The van der Waals surface area contributed by atoms with Crippen molar-refractivity contribution in [1.29, 1.82) is 0 Å². The Morgan fingerprint density at radius 1 is 1.00 bits per heavy atom. The molecular formula is C20H30N2O3S. The van der Waals surface area contributed by atoms with Crippen LogP contribution in [0.1, 0.15) is 73.7 Å². The van der Waals surface area contributed by atoms with E-state index < -0.39 is 10.0 Å². The predicted octanol–water partition coefficient (Wildman–Crippen LogP) is 3.62. The zero-order valence-corrected chi connectivity index (χ0v) is 16.5. The molecular weight excluding hydrogens is 348 g/mol. The number of hydrogen-bond donors (Lipinski definition) is 1. The Morgan fingerprint density at radius 3 is 2.27 bits per heavy atom. The lowest BCUT2D eigenvalue weighted by molar-refractivity contribution is 0.0929. The molecule has 0 unspecified atom stereocenters. The Balaban J connectivity index is 1.77. The van der Waals surface area contributed by atoms with E-state index in [9.17, 15) is 13.2 Å². The van der Waals surface area contributed by atoms with Gasteiger partial charge in [0.1, 0.15) is 0 Å². The molecule has 26 heavy (non-hydrogen) atoms. The second-order valence-electron chi connectivity index (χ2n) is 7.60. The lowest BCUT2D eigenvalue weighted by Crippen LogP contribution is -2.36. The maximum atomic E-state index is 12.8. The van der Waals surface area contributed by atoms with Crippen molar-refractivity contribution in [2.24, 2.45) is 0 Å². The Morgan fingerprint density at radius 2 is 1.62 bits per heavy atom. The Bertz CT molecular complexity index is 731. The summed E-state index contributed by atoms with van der Waals surface area (Å²) in [6.45, 7) is 3.00. The van der Waals surface area contributed by atoms with E-state index in [2.05, 4.69) is 5.32 Å². The van der Waals surface area contributed by atoms with Gasteiger partial charge in [0.15, 0.2) is 0 Å². The average Bonchev–Trinajstić information content (AvgIpc) is 3.12. The van der Waals surface area contributed by atoms with Gasteiger partial charge in [-0.05, 0) is 50.3 Å². The number of nitrogens with zero attached hydrogens (tertiary/aromatic N) is 1. The molecule has 1 saturated heterocycles. The van der Waals surface area contributed by atoms with Crippen molar-refractivity contribution in [1.82, 2.24) is 9.62 Å². The number of amides is 1. The smallest absolute Gasteiger partial charge is 0.251 e. The number of aryl methyl sites for hydroxylation is 1. The van der Waals surface area contributed by atoms with Crippen LogP contribution < -0.4 is 5.32 Å². The molecule has 3 rings (SSSR count). The van der Waals surface area contributed by atoms with Gasteiger partial charge in [0, 0.05) is 24.7 Å². The monoisotopic (exact) mass is 378 g/mol. The number of hydrogen-bond acceptors (Lipinski definition) is 3. The van der Waals surface area contributed by atoms with Gasteiger partial charge in [-0.25, -0.2) is 8.42 Å². The van der Waals surface area contributed by atoms with Gasteiger partial charge in [0.2, 0.25) is 10.0 Å². The highest BCUT2D eigenvalue weighted by molar-refractivity contribution is 7.89. The van der Waals surface area contributed by atoms with Crippen molar-refractivity contribution in [3.8, 4) is 0 Å². The fraction of sp³-hybridized carbons (Fsp3) is 0.650. The molecule has 2 aliphatic rings. The van der Waals surface area contributed by atoms with E-state index in [0.29, 0.717) is 18.7 Å². The van der Waals surface area contributed by atoms with Crippen molar-refractivity contribution in [3.63, 3.8) is 0 Å². The van der Waals surface area contributed by atoms with Crippen molar-refractivity contribution in [2.75, 3.05) is 13.1 Å². The van der Waals surface area contributed by atoms with Crippen LogP contribution in [0, 0.1) is 6.92 Å². The molecule has 0 spiro atoms. The first-order valence-electron chi connectivity index (χ1n) is 9.90. The van der Waals surface area contributed by atoms with E-state index in [1.54, 1.807) is 18.2 Å². The molecule has 0 radical (unpaired) electrons. The number of carbonyl (C=O) groups is 1. The molecule has 1 saturated carbocycles. The first kappa shape index (κ1) is 19.4. The molecule has 6 heteroatoms. The fourth-order valence-corrected chi connectivity index (χ4v) is 5.49. The largest absolute Gasteiger partial charge is 0.349 e. The molecule has 1 aromatic rings. The van der Waals surface area contributed by atoms with Crippen LogP contribution in [0.5, 0.6) is 0 Å². The van der Waals surface area contributed by atoms with Gasteiger partial charge < -0.3 is 5.32 Å². The average molecular weight is 379 g/mol. The quantitative estimate of drug-likeness (QED) is 0.870. The summed E-state index contributed by atoms with van der Waals surface area (Å²) in [5.41, 5.74) is 1.29. The number of carbonyl (C=O) groups excluding carboxylic acids is 1. The van der Waals surface area contributed by atoms with Gasteiger partial charge in [-0.3, -0.25) is 4.79 Å². The summed E-state index contributed by atoms with van der Waals surface area (Å²) in [5, 5.41) is 3.14. The molecule has 1 aromatic carbocycles. The standard InChI is InChI=1S/C20H30N2O3S/c1-16-11-12-18(26(24,25)22-13-7-8-14-22)15-19(16)20(23)21-17-9-5-3-2-4-6-10-17/h11-12,15,17H,2-10,13-14H2,1H3,(H,21,23). The number of nitrogens with one attached hydrogen (secondary N) is 1. The summed E-state index contributed by atoms with van der Waals surface area (Å²) in [7, 11) is -3.50. The summed E-state index contributed by atoms with van der Waals surface area (Å²) in [5.74, 6) is -0.147. The van der Waals surface area contributed by atoms with E-state index >= 15 is 0 Å². The van der Waals surface area contributed by atoms with E-state index in [1.165, 1.54) is 23.6 Å². The Labute approximate surface area is 157 Å². The lowest BCUT2D eigenvalue weighted by Gasteiger charge is -2.22. The van der Waals surface area contributed by atoms with Crippen molar-refractivity contribution >= 4 is 15.9 Å². The molecule has 5 nitrogen and oxygen atoms in total. The van der Waals surface area contributed by atoms with Crippen LogP contribution in [-0.4, -0.2) is 37.8 Å². The minimum Gasteiger partial charge on any atom is -0.349 e. The zero-order chi connectivity index (χ0) is 18.6. The number of rotatable bonds is 4. The van der Waals surface area contributed by atoms with Gasteiger partial charge in [-0.15, -0.1) is 0 Å². The van der Waals surface area contributed by atoms with Gasteiger partial charge in [-0.1, -0.05) is 38.2 Å². The first-order chi connectivity index (χ1) is 12.5. The molecule has 2 fully saturated rings. The summed E-state index contributed by atoms with van der Waals surface area (Å²) < 4.78 is 27.1. The van der Waals surface area contributed by atoms with Crippen LogP contribution in [0.4, 0.5) is 0 Å². The maximum Gasteiger partial charge on any atom is 0.251 e. The maximum absolute atomic E-state index is 12.8. The molecule has 1 heterocycles. The second-order valence-corrected chi connectivity index (χ2v) is 9.54. The molecule has 0 bridgehead atoms. The first-order valence-corrected chi connectivity index (χ1v) is 11.3. The summed E-state index contributed by atoms with van der Waals surface area (Å²) >= 11 is 0. The van der Waals surface area contributed by atoms with Crippen LogP contribution in [0.25, 0.3) is 0 Å². The van der Waals surface area contributed by atoms with Crippen molar-refractivity contribution < 1.29 is 13.2 Å². The third kappa shape index (κ3) is 4.46. The van der Waals surface area contributed by atoms with Crippen LogP contribution in [0.2, 0.25) is 0 Å². The predicted molar refractivity (Wildman–Crippen MR) is 103 cm³/mol. The Kier molecular flexibility index (Phi) is 6.35. The van der Waals surface area contributed by atoms with Crippen LogP contribution in [-0.2, 0) is 10.0 Å². The zero-order valence-electron chi connectivity index (χ0n) is 15.7. The van der Waals surface area contributed by atoms with E-state index in [4.69, 9.17) is 0 Å². The van der Waals surface area contributed by atoms with Crippen molar-refractivity contribution in [3.05, 3.63) is 29.3 Å². The molecule has 1 amide bonds. The normalized spacial score (nSPS) is 20.5. The number of sulfonamides is 1. The highest BCUT2D eigenvalue weighted by Crippen LogP contribution is 2.24. The van der Waals surface area contributed by atoms with Gasteiger partial charge in [0.25, 0.3) is 5.91 Å². The van der Waals surface area contributed by atoms with E-state index in [0.717, 1.165) is 44.1 Å². The fourth-order valence-electron chi connectivity index (χ4n) is 3.95. The molecule has 0 atom stereocenters. The van der Waals surface area contributed by atoms with Crippen LogP contribution >= 0.6 is 0 Å². The topological polar surface area (TPSA) is 66.5 Å². The minimum atomic E-state index is -3.50. The summed E-state index contributed by atoms with van der Waals surface area (Å²) in [6, 6.07) is 5.12. The van der Waals surface area contributed by atoms with Gasteiger partial charge >= 0.3 is 0 Å². The third-order valence-electron chi connectivity index (χ3n) is 5.60. The highest BCUT2D eigenvalue weighted by atomic mass is 32.2. The minimum absolute atomic E-state index is 0.147. The highest BCUT2D eigenvalue weighted by Gasteiger charge is 2.28. The molecule has 0 aromatic heterocycles. The summed E-state index contributed by atoms with van der Waals surface area (Å²) in [6.07, 6.45) is 9.87. The third-order valence-corrected chi connectivity index (χ3v) is 7.49. The van der Waals surface area contributed by atoms with Crippen LogP contribution in [0.3, 0.4) is 0 Å². The molecule has 144 valence electrons. The second kappa shape index (κ2) is 8.53. The van der Waals surface area contributed by atoms with E-state index in [-0.39, 0.29) is 16.8 Å². The lowest BCUT2D eigenvalue weighted by atomic mass is 9.96.